The Bertz CT molecular complexity index is 3550. The van der Waals surface area contributed by atoms with E-state index in [9.17, 15) is 0 Å². The molecule has 11 aromatic rings. The van der Waals surface area contributed by atoms with Crippen LogP contribution in [-0.2, 0) is 0 Å². The average Bonchev–Trinajstić information content (AvgIpc) is 3.90. The fourth-order valence-corrected chi connectivity index (χ4v) is 9.16. The van der Waals surface area contributed by atoms with E-state index in [0.717, 1.165) is 72.4 Å². The summed E-state index contributed by atoms with van der Waals surface area (Å²) >= 11 is 0. The summed E-state index contributed by atoms with van der Waals surface area (Å²) in [5.41, 5.74) is 15.0. The van der Waals surface area contributed by atoms with Gasteiger partial charge in [0.25, 0.3) is 0 Å². The van der Waals surface area contributed by atoms with Crippen LogP contribution in [0.15, 0.2) is 233 Å². The van der Waals surface area contributed by atoms with E-state index in [1.165, 1.54) is 32.9 Å². The predicted octanol–water partition coefficient (Wildman–Crippen LogP) is 14.2. The van der Waals surface area contributed by atoms with Crippen molar-refractivity contribution in [1.29, 1.82) is 0 Å². The van der Waals surface area contributed by atoms with Crippen LogP contribution >= 0.6 is 0 Å². The molecule has 2 aromatic heterocycles. The largest absolute Gasteiger partial charge is 0.456 e. The van der Waals surface area contributed by atoms with Crippen LogP contribution in [0.5, 0.6) is 0 Å². The number of aliphatic imine (C=N–C) groups is 2. The lowest BCUT2D eigenvalue weighted by Gasteiger charge is -2.24. The van der Waals surface area contributed by atoms with Gasteiger partial charge >= 0.3 is 0 Å². The van der Waals surface area contributed by atoms with Crippen LogP contribution in [0.3, 0.4) is 0 Å². The van der Waals surface area contributed by atoms with Crippen LogP contribution in [0.25, 0.3) is 82.8 Å². The Morgan fingerprint density at radius 2 is 1.02 bits per heavy atom. The molecular formula is C57H38N4O. The molecule has 1 aliphatic rings. The highest BCUT2D eigenvalue weighted by Crippen LogP contribution is 2.43. The summed E-state index contributed by atoms with van der Waals surface area (Å²) in [7, 11) is 0. The molecule has 5 heteroatoms. The highest BCUT2D eigenvalue weighted by Gasteiger charge is 2.23. The first-order chi connectivity index (χ1) is 30.7. The van der Waals surface area contributed by atoms with Crippen molar-refractivity contribution >= 4 is 55.4 Å². The molecule has 0 radical (unpaired) electrons. The molecule has 0 fully saturated rings. The fourth-order valence-electron chi connectivity index (χ4n) is 9.16. The number of para-hydroxylation sites is 2. The van der Waals surface area contributed by atoms with E-state index >= 15 is 0 Å². The van der Waals surface area contributed by atoms with Crippen molar-refractivity contribution in [3.63, 3.8) is 0 Å². The second-order valence-corrected chi connectivity index (χ2v) is 15.8. The third-order valence-corrected chi connectivity index (χ3v) is 12.1. The number of aromatic nitrogens is 1. The molecule has 292 valence electrons. The molecule has 0 aliphatic carbocycles. The molecule has 62 heavy (non-hydrogen) atoms. The molecule has 5 nitrogen and oxygen atoms in total. The van der Waals surface area contributed by atoms with Gasteiger partial charge in [-0.25, -0.2) is 9.98 Å². The molecule has 1 unspecified atom stereocenters. The fraction of sp³-hybridized carbons (Fsp3) is 0.0175. The van der Waals surface area contributed by atoms with Crippen molar-refractivity contribution in [2.75, 3.05) is 0 Å². The maximum Gasteiger partial charge on any atom is 0.159 e. The van der Waals surface area contributed by atoms with Crippen molar-refractivity contribution in [2.24, 2.45) is 9.98 Å². The number of nitrogens with one attached hydrogen (secondary N) is 1. The Hall–Kier alpha value is -8.28. The number of benzene rings is 9. The van der Waals surface area contributed by atoms with Gasteiger partial charge in [0, 0.05) is 38.4 Å². The summed E-state index contributed by atoms with van der Waals surface area (Å²) in [6.45, 7) is 0. The third-order valence-electron chi connectivity index (χ3n) is 12.1. The van der Waals surface area contributed by atoms with Crippen LogP contribution in [0, 0.1) is 0 Å². The van der Waals surface area contributed by atoms with Crippen LogP contribution in [-0.4, -0.2) is 16.2 Å². The normalized spacial score (nSPS) is 14.0. The molecule has 3 heterocycles. The third kappa shape index (κ3) is 6.10. The topological polar surface area (TPSA) is 54.8 Å². The zero-order chi connectivity index (χ0) is 41.0. The Labute approximate surface area is 358 Å². The highest BCUT2D eigenvalue weighted by atomic mass is 16.3. The van der Waals surface area contributed by atoms with E-state index in [1.54, 1.807) is 0 Å². The lowest BCUT2D eigenvalue weighted by atomic mass is 9.91. The number of furan rings is 1. The average molecular weight is 795 g/mol. The van der Waals surface area contributed by atoms with Gasteiger partial charge in [-0.05, 0) is 93.5 Å². The Kier molecular flexibility index (Phi) is 8.49. The van der Waals surface area contributed by atoms with Crippen LogP contribution in [0.2, 0.25) is 0 Å². The van der Waals surface area contributed by atoms with Gasteiger partial charge in [0.2, 0.25) is 0 Å². The molecule has 0 bridgehead atoms. The summed E-state index contributed by atoms with van der Waals surface area (Å²) < 4.78 is 9.11. The zero-order valence-electron chi connectivity index (χ0n) is 33.6. The summed E-state index contributed by atoms with van der Waals surface area (Å²) in [5, 5.41) is 8.21. The van der Waals surface area contributed by atoms with E-state index in [1.807, 2.05) is 24.3 Å². The van der Waals surface area contributed by atoms with Crippen molar-refractivity contribution in [1.82, 2.24) is 9.88 Å². The minimum absolute atomic E-state index is 0.337. The molecular weight excluding hydrogens is 757 g/mol. The Morgan fingerprint density at radius 3 is 1.81 bits per heavy atom. The molecule has 0 saturated heterocycles. The van der Waals surface area contributed by atoms with Crippen molar-refractivity contribution in [3.8, 4) is 39.1 Å². The van der Waals surface area contributed by atoms with Crippen LogP contribution in [0.4, 0.5) is 0 Å². The molecule has 0 saturated carbocycles. The van der Waals surface area contributed by atoms with Gasteiger partial charge in [-0.3, -0.25) is 0 Å². The summed E-state index contributed by atoms with van der Waals surface area (Å²) in [6.07, 6.45) is -0.337. The Balaban J connectivity index is 0.947. The molecule has 0 amide bonds. The van der Waals surface area contributed by atoms with Gasteiger partial charge in [-0.15, -0.1) is 0 Å². The van der Waals surface area contributed by atoms with E-state index in [0.29, 0.717) is 5.84 Å². The SMILES string of the molecule is c1ccc(C2=NC(c3ccc4c(c3)oc3cc(-c5ccccc5-c5cccc6c5c5ccccc5n6-c5ccccc5)ccc34)=NC(c3cccc(-c4ccccc4)c3)N2)cc1. The standard InChI is InChI=1S/C57H38N4O/c1-4-16-37(17-5-1)39-20-14-21-41(34-39)56-58-55(38-18-6-2-7-19-38)59-57(60-56)42-31-33-47-46-32-30-40(35-52(46)62-53(47)36-42)44-24-10-11-25-45(44)48-27-15-29-51-54(48)49-26-12-13-28-50(49)61(51)43-22-8-3-9-23-43/h1-36,56H,(H,58,59,60). The van der Waals surface area contributed by atoms with Crippen LogP contribution < -0.4 is 5.32 Å². The zero-order valence-corrected chi connectivity index (χ0v) is 33.6. The smallest absolute Gasteiger partial charge is 0.159 e. The second kappa shape index (κ2) is 14.8. The number of hydrogen-bond donors (Lipinski definition) is 1. The molecule has 12 rings (SSSR count). The van der Waals surface area contributed by atoms with E-state index < -0.39 is 0 Å². The molecule has 0 spiro atoms. The number of nitrogens with zero attached hydrogens (tertiary/aromatic N) is 3. The summed E-state index contributed by atoms with van der Waals surface area (Å²) in [5.74, 6) is 1.43. The first kappa shape index (κ1) is 35.6. The Morgan fingerprint density at radius 1 is 0.419 bits per heavy atom. The molecule has 1 N–H and O–H groups in total. The first-order valence-corrected chi connectivity index (χ1v) is 21.0. The number of fused-ring (bicyclic) bond motifs is 6. The van der Waals surface area contributed by atoms with Crippen molar-refractivity contribution < 1.29 is 4.42 Å². The van der Waals surface area contributed by atoms with Gasteiger partial charge in [0.15, 0.2) is 5.84 Å². The van der Waals surface area contributed by atoms with E-state index in [2.05, 4.69) is 204 Å². The highest BCUT2D eigenvalue weighted by molar-refractivity contribution is 6.18. The van der Waals surface area contributed by atoms with Crippen molar-refractivity contribution in [3.05, 3.63) is 235 Å². The monoisotopic (exact) mass is 794 g/mol. The van der Waals surface area contributed by atoms with Crippen LogP contribution in [0.1, 0.15) is 22.9 Å². The van der Waals surface area contributed by atoms with Gasteiger partial charge < -0.3 is 14.3 Å². The molecule has 1 atom stereocenters. The lowest BCUT2D eigenvalue weighted by Crippen LogP contribution is -2.33. The maximum absolute atomic E-state index is 6.74. The molecule has 9 aromatic carbocycles. The van der Waals surface area contributed by atoms with Gasteiger partial charge in [-0.1, -0.05) is 164 Å². The lowest BCUT2D eigenvalue weighted by molar-refractivity contribution is 0.667. The molecule has 1 aliphatic heterocycles. The van der Waals surface area contributed by atoms with Gasteiger partial charge in [0.1, 0.15) is 23.2 Å². The maximum atomic E-state index is 6.74. The second-order valence-electron chi connectivity index (χ2n) is 15.8. The minimum Gasteiger partial charge on any atom is -0.456 e. The number of amidine groups is 2. The van der Waals surface area contributed by atoms with Gasteiger partial charge in [0.05, 0.1) is 11.0 Å². The van der Waals surface area contributed by atoms with E-state index in [-0.39, 0.29) is 6.17 Å². The summed E-state index contributed by atoms with van der Waals surface area (Å²) in [4.78, 5) is 10.3. The van der Waals surface area contributed by atoms with Crippen molar-refractivity contribution in [2.45, 2.75) is 6.17 Å². The first-order valence-electron chi connectivity index (χ1n) is 21.0. The van der Waals surface area contributed by atoms with Gasteiger partial charge in [-0.2, -0.15) is 0 Å². The summed E-state index contributed by atoms with van der Waals surface area (Å²) in [6, 6.07) is 76.9. The van der Waals surface area contributed by atoms with E-state index in [4.69, 9.17) is 14.4 Å². The number of rotatable bonds is 7. The minimum atomic E-state index is -0.337. The quantitative estimate of drug-likeness (QED) is 0.175. The predicted molar refractivity (Wildman–Crippen MR) is 256 cm³/mol. The number of hydrogen-bond acceptors (Lipinski definition) is 4.